The predicted molar refractivity (Wildman–Crippen MR) is 117 cm³/mol. The van der Waals surface area contributed by atoms with E-state index in [0.29, 0.717) is 22.2 Å². The molecule has 0 radical (unpaired) electrons. The van der Waals surface area contributed by atoms with Gasteiger partial charge < -0.3 is 9.47 Å². The fourth-order valence-electron chi connectivity index (χ4n) is 3.44. The van der Waals surface area contributed by atoms with Crippen LogP contribution in [0.2, 0.25) is 5.02 Å². The number of amides is 2. The molecule has 3 aromatic rings. The third kappa shape index (κ3) is 4.16. The van der Waals surface area contributed by atoms with Crippen LogP contribution in [0.3, 0.4) is 0 Å². The van der Waals surface area contributed by atoms with Crippen LogP contribution in [0.4, 0.5) is 4.39 Å². The number of hydrogen-bond acceptors (Lipinski definition) is 5. The number of carbonyl (C=O) groups excluding carboxylic acids is 2. The molecule has 2 heterocycles. The number of aryl methyl sites for hydroxylation is 1. The molecule has 1 fully saturated rings. The van der Waals surface area contributed by atoms with Crippen LogP contribution in [0, 0.1) is 12.7 Å². The number of ether oxygens (including phenoxy) is 2. The number of β-lactam (4-membered cyclic amide) rings is 1. The molecule has 10 heteroatoms. The number of nitrogens with one attached hydrogen (secondary N) is 1. The highest BCUT2D eigenvalue weighted by molar-refractivity contribution is 6.33. The van der Waals surface area contributed by atoms with Gasteiger partial charge in [0.05, 0.1) is 17.6 Å². The van der Waals surface area contributed by atoms with Crippen LogP contribution in [0.5, 0.6) is 11.6 Å². The van der Waals surface area contributed by atoms with Gasteiger partial charge >= 0.3 is 0 Å². The van der Waals surface area contributed by atoms with Crippen molar-refractivity contribution in [1.82, 2.24) is 15.4 Å². The fraction of sp³-hybridized carbons (Fsp3) is 0.227. The minimum atomic E-state index is -0.792. The molecule has 2 aromatic carbocycles. The van der Waals surface area contributed by atoms with Gasteiger partial charge in [-0.2, -0.15) is 0 Å². The van der Waals surface area contributed by atoms with Crippen molar-refractivity contribution in [3.8, 4) is 11.6 Å². The number of methoxy groups -OCH3 is 1. The summed E-state index contributed by atoms with van der Waals surface area (Å²) in [6, 6.07) is 10.8. The minimum absolute atomic E-state index is 0.0595. The lowest BCUT2D eigenvalue weighted by atomic mass is 9.95. The minimum Gasteiger partial charge on any atom is -0.497 e. The van der Waals surface area contributed by atoms with Crippen LogP contribution in [-0.4, -0.2) is 40.9 Å². The van der Waals surface area contributed by atoms with Gasteiger partial charge in [0.2, 0.25) is 5.88 Å². The van der Waals surface area contributed by atoms with E-state index in [1.165, 1.54) is 17.1 Å². The second-order valence-electron chi connectivity index (χ2n) is 7.21. The summed E-state index contributed by atoms with van der Waals surface area (Å²) in [5.74, 6) is -0.684. The Labute approximate surface area is 193 Å². The molecule has 7 nitrogen and oxygen atoms in total. The van der Waals surface area contributed by atoms with Crippen LogP contribution in [0.15, 0.2) is 42.5 Å². The van der Waals surface area contributed by atoms with Crippen molar-refractivity contribution in [2.75, 3.05) is 13.7 Å². The molecule has 2 atom stereocenters. The number of aromatic nitrogens is 1. The van der Waals surface area contributed by atoms with E-state index in [-0.39, 0.29) is 17.5 Å². The molecule has 1 aromatic heterocycles. The summed E-state index contributed by atoms with van der Waals surface area (Å²) >= 11 is 12.0. The average molecular weight is 478 g/mol. The monoisotopic (exact) mass is 477 g/mol. The zero-order chi connectivity index (χ0) is 23.0. The topological polar surface area (TPSA) is 80.8 Å². The van der Waals surface area contributed by atoms with Gasteiger partial charge in [-0.1, -0.05) is 23.7 Å². The second-order valence-corrected chi connectivity index (χ2v) is 8.09. The largest absolute Gasteiger partial charge is 0.497 e. The van der Waals surface area contributed by atoms with Crippen LogP contribution in [0.1, 0.15) is 17.2 Å². The molecular weight excluding hydrogens is 460 g/mol. The normalized spacial score (nSPS) is 17.8. The standard InChI is InChI=1S/C22H18Cl2FN3O4/c1-11-7-19(26-17-9-15(23)16(25)8-14(11)17)32-10-18(29)27-28-21(20(24)22(28)30)12-3-5-13(31-2)6-4-12/h3-9,20-21H,10H2,1-2H3,(H,27,29)/t20-,21-/m1/s1. The van der Waals surface area contributed by atoms with Gasteiger partial charge in [0, 0.05) is 11.5 Å². The zero-order valence-corrected chi connectivity index (χ0v) is 18.6. The average Bonchev–Trinajstić information content (AvgIpc) is 2.78. The highest BCUT2D eigenvalue weighted by Gasteiger charge is 2.48. The van der Waals surface area contributed by atoms with E-state index in [4.69, 9.17) is 32.7 Å². The number of pyridine rings is 1. The van der Waals surface area contributed by atoms with Crippen molar-refractivity contribution in [2.45, 2.75) is 18.3 Å². The molecule has 0 saturated carbocycles. The fourth-order valence-corrected chi connectivity index (χ4v) is 3.96. The number of nitrogens with zero attached hydrogens (tertiary/aromatic N) is 2. The molecule has 0 bridgehead atoms. The summed E-state index contributed by atoms with van der Waals surface area (Å²) in [5, 5.41) is 0.910. The summed E-state index contributed by atoms with van der Waals surface area (Å²) < 4.78 is 24.3. The number of hydrogen-bond donors (Lipinski definition) is 1. The number of fused-ring (bicyclic) bond motifs is 1. The van der Waals surface area contributed by atoms with Gasteiger partial charge in [0.1, 0.15) is 23.0 Å². The lowest BCUT2D eigenvalue weighted by Gasteiger charge is -2.43. The van der Waals surface area contributed by atoms with E-state index >= 15 is 0 Å². The Hall–Kier alpha value is -3.10. The molecule has 1 N–H and O–H groups in total. The number of halogens is 3. The summed E-state index contributed by atoms with van der Waals surface area (Å²) in [5.41, 5.74) is 4.42. The maximum Gasteiger partial charge on any atom is 0.276 e. The molecule has 1 saturated heterocycles. The Bertz CT molecular complexity index is 1210. The van der Waals surface area contributed by atoms with Crippen LogP contribution < -0.4 is 14.9 Å². The van der Waals surface area contributed by atoms with Crippen molar-refractivity contribution in [3.05, 3.63) is 64.4 Å². The number of hydrazine groups is 1. The van der Waals surface area contributed by atoms with Crippen molar-refractivity contribution < 1.29 is 23.5 Å². The number of rotatable bonds is 6. The quantitative estimate of drug-likeness (QED) is 0.429. The lowest BCUT2D eigenvalue weighted by Crippen LogP contribution is -2.63. The Morgan fingerprint density at radius 2 is 1.97 bits per heavy atom. The molecule has 0 aliphatic carbocycles. The van der Waals surface area contributed by atoms with E-state index in [1.54, 1.807) is 44.4 Å². The van der Waals surface area contributed by atoms with Crippen molar-refractivity contribution >= 4 is 45.9 Å². The molecule has 0 unspecified atom stereocenters. The number of benzene rings is 2. The van der Waals surface area contributed by atoms with Crippen molar-refractivity contribution in [1.29, 1.82) is 0 Å². The molecule has 0 spiro atoms. The zero-order valence-electron chi connectivity index (χ0n) is 17.1. The van der Waals surface area contributed by atoms with Crippen LogP contribution in [-0.2, 0) is 9.59 Å². The van der Waals surface area contributed by atoms with E-state index in [2.05, 4.69) is 10.4 Å². The Kier molecular flexibility index (Phi) is 6.08. The second kappa shape index (κ2) is 8.80. The van der Waals surface area contributed by atoms with Crippen LogP contribution in [0.25, 0.3) is 10.9 Å². The molecule has 4 rings (SSSR count). The highest BCUT2D eigenvalue weighted by Crippen LogP contribution is 2.37. The molecule has 32 heavy (non-hydrogen) atoms. The van der Waals surface area contributed by atoms with Gasteiger partial charge in [-0.3, -0.25) is 15.0 Å². The molecular formula is C22H18Cl2FN3O4. The molecule has 166 valence electrons. The first-order valence-electron chi connectivity index (χ1n) is 9.58. The first-order chi connectivity index (χ1) is 15.3. The third-order valence-corrected chi connectivity index (χ3v) is 5.83. The summed E-state index contributed by atoms with van der Waals surface area (Å²) in [7, 11) is 1.55. The highest BCUT2D eigenvalue weighted by atomic mass is 35.5. The first-order valence-corrected chi connectivity index (χ1v) is 10.4. The summed E-state index contributed by atoms with van der Waals surface area (Å²) in [4.78, 5) is 28.9. The molecule has 1 aliphatic heterocycles. The van der Waals surface area contributed by atoms with Gasteiger partial charge in [-0.05, 0) is 42.3 Å². The molecule has 1 aliphatic rings. The van der Waals surface area contributed by atoms with E-state index < -0.39 is 29.1 Å². The lowest BCUT2D eigenvalue weighted by molar-refractivity contribution is -0.157. The van der Waals surface area contributed by atoms with Gasteiger partial charge in [-0.15, -0.1) is 11.6 Å². The Morgan fingerprint density at radius 3 is 2.66 bits per heavy atom. The summed E-state index contributed by atoms with van der Waals surface area (Å²) in [6.07, 6.45) is 0. The predicted octanol–water partition coefficient (Wildman–Crippen LogP) is 3.95. The van der Waals surface area contributed by atoms with E-state index in [0.717, 1.165) is 5.56 Å². The Morgan fingerprint density at radius 1 is 1.25 bits per heavy atom. The van der Waals surface area contributed by atoms with Gasteiger partial charge in [0.15, 0.2) is 6.61 Å². The van der Waals surface area contributed by atoms with Crippen molar-refractivity contribution in [2.24, 2.45) is 0 Å². The Balaban J connectivity index is 1.43. The number of carbonyl (C=O) groups is 2. The van der Waals surface area contributed by atoms with Crippen LogP contribution >= 0.6 is 23.2 Å². The molecule has 2 amide bonds. The third-order valence-electron chi connectivity index (χ3n) is 5.12. The van der Waals surface area contributed by atoms with Gasteiger partial charge in [-0.25, -0.2) is 14.4 Å². The SMILES string of the molecule is COc1ccc([C@@H]2[C@@H](Cl)C(=O)N2NC(=O)COc2cc(C)c3cc(F)c(Cl)cc3n2)cc1. The van der Waals surface area contributed by atoms with Gasteiger partial charge in [0.25, 0.3) is 11.8 Å². The number of alkyl halides is 1. The maximum absolute atomic E-state index is 13.7. The smallest absolute Gasteiger partial charge is 0.276 e. The van der Waals surface area contributed by atoms with E-state index in [1.807, 2.05) is 0 Å². The van der Waals surface area contributed by atoms with Crippen molar-refractivity contribution in [3.63, 3.8) is 0 Å². The summed E-state index contributed by atoms with van der Waals surface area (Å²) in [6.45, 7) is 1.38. The first kappa shape index (κ1) is 22.1. The van der Waals surface area contributed by atoms with E-state index in [9.17, 15) is 14.0 Å². The maximum atomic E-state index is 13.7.